The largest absolute Gasteiger partial charge is 0.480 e. The Morgan fingerprint density at radius 2 is 1.97 bits per heavy atom. The van der Waals surface area contributed by atoms with E-state index in [1.54, 1.807) is 24.4 Å². The van der Waals surface area contributed by atoms with E-state index in [0.717, 1.165) is 12.2 Å². The predicted octanol–water partition coefficient (Wildman–Crippen LogP) is 4.00. The highest BCUT2D eigenvalue weighted by atomic mass is 16.5. The predicted molar refractivity (Wildman–Crippen MR) is 133 cm³/mol. The van der Waals surface area contributed by atoms with Crippen molar-refractivity contribution in [2.75, 3.05) is 18.5 Å². The van der Waals surface area contributed by atoms with Gasteiger partial charge in [-0.2, -0.15) is 0 Å². The molecule has 0 aliphatic rings. The number of hydrogen-bond donors (Lipinski definition) is 3. The molecule has 3 N–H and O–H groups in total. The molecule has 0 aliphatic heterocycles. The first kappa shape index (κ1) is 25.7. The lowest BCUT2D eigenvalue weighted by Crippen LogP contribution is -2.43. The summed E-state index contributed by atoms with van der Waals surface area (Å²) in [5.41, 5.74) is 0.570. The number of hydrogen-bond acceptors (Lipinski definition) is 7. The molecule has 1 atom stereocenters. The lowest BCUT2D eigenvalue weighted by molar-refractivity contribution is -0.139. The SMILES string of the molecule is CC(C)(C)COC(=O)NC(Cc1ccc2oc(CCCNc3ccccn3)cc(=O)c2c1)C(=O)O. The van der Waals surface area contributed by atoms with E-state index in [-0.39, 0.29) is 23.9 Å². The second-order valence-electron chi connectivity index (χ2n) is 9.53. The molecule has 9 heteroatoms. The number of carbonyl (C=O) groups excluding carboxylic acids is 1. The number of aryl methyl sites for hydroxylation is 1. The van der Waals surface area contributed by atoms with E-state index >= 15 is 0 Å². The van der Waals surface area contributed by atoms with Crippen LogP contribution in [0, 0.1) is 5.41 Å². The topological polar surface area (TPSA) is 131 Å². The van der Waals surface area contributed by atoms with Crippen molar-refractivity contribution in [2.24, 2.45) is 5.41 Å². The molecule has 2 aromatic heterocycles. The molecule has 0 saturated carbocycles. The highest BCUT2D eigenvalue weighted by Gasteiger charge is 2.23. The number of amides is 1. The van der Waals surface area contributed by atoms with E-state index in [9.17, 15) is 19.5 Å². The maximum Gasteiger partial charge on any atom is 0.407 e. The smallest absolute Gasteiger partial charge is 0.407 e. The molecule has 1 unspecified atom stereocenters. The van der Waals surface area contributed by atoms with Crippen molar-refractivity contribution in [1.82, 2.24) is 10.3 Å². The third kappa shape index (κ3) is 8.13. The maximum atomic E-state index is 12.7. The molecule has 186 valence electrons. The van der Waals surface area contributed by atoms with Crippen molar-refractivity contribution >= 4 is 28.8 Å². The normalized spacial score (nSPS) is 12.2. The first-order chi connectivity index (χ1) is 16.6. The molecule has 0 bridgehead atoms. The molecule has 2 heterocycles. The summed E-state index contributed by atoms with van der Waals surface area (Å²) in [6.45, 7) is 6.55. The number of anilines is 1. The van der Waals surface area contributed by atoms with Crippen LogP contribution in [0.5, 0.6) is 0 Å². The monoisotopic (exact) mass is 481 g/mol. The van der Waals surface area contributed by atoms with Crippen LogP contribution in [0.1, 0.15) is 38.5 Å². The van der Waals surface area contributed by atoms with Gasteiger partial charge in [0, 0.05) is 31.6 Å². The van der Waals surface area contributed by atoms with Crippen molar-refractivity contribution in [3.63, 3.8) is 0 Å². The van der Waals surface area contributed by atoms with Gasteiger partial charge in [0.2, 0.25) is 0 Å². The quantitative estimate of drug-likeness (QED) is 0.370. The lowest BCUT2D eigenvalue weighted by Gasteiger charge is -2.20. The molecule has 9 nitrogen and oxygen atoms in total. The van der Waals surface area contributed by atoms with Crippen LogP contribution < -0.4 is 16.1 Å². The Hall–Kier alpha value is -3.88. The molecule has 1 aromatic carbocycles. The third-order valence-corrected chi connectivity index (χ3v) is 5.08. The zero-order valence-corrected chi connectivity index (χ0v) is 20.2. The molecule has 3 aromatic rings. The number of carboxylic acid groups (broad SMARTS) is 1. The number of nitrogens with one attached hydrogen (secondary N) is 2. The fourth-order valence-corrected chi connectivity index (χ4v) is 3.35. The van der Waals surface area contributed by atoms with Crippen LogP contribution in [0.2, 0.25) is 0 Å². The molecular formula is C26H31N3O6. The number of pyridine rings is 1. The van der Waals surface area contributed by atoms with Crippen LogP contribution in [0.15, 0.2) is 57.9 Å². The fourth-order valence-electron chi connectivity index (χ4n) is 3.35. The second-order valence-corrected chi connectivity index (χ2v) is 9.53. The summed E-state index contributed by atoms with van der Waals surface area (Å²) in [7, 11) is 0. The van der Waals surface area contributed by atoms with Crippen molar-refractivity contribution < 1.29 is 23.8 Å². The van der Waals surface area contributed by atoms with Gasteiger partial charge >= 0.3 is 12.1 Å². The van der Waals surface area contributed by atoms with Crippen molar-refractivity contribution in [1.29, 1.82) is 0 Å². The molecule has 0 fully saturated rings. The molecule has 35 heavy (non-hydrogen) atoms. The number of carboxylic acids is 1. The van der Waals surface area contributed by atoms with Gasteiger partial charge in [-0.1, -0.05) is 32.9 Å². The first-order valence-corrected chi connectivity index (χ1v) is 11.5. The van der Waals surface area contributed by atoms with Gasteiger partial charge in [-0.05, 0) is 41.7 Å². The zero-order valence-electron chi connectivity index (χ0n) is 20.2. The zero-order chi connectivity index (χ0) is 25.4. The highest BCUT2D eigenvalue weighted by Crippen LogP contribution is 2.17. The fraction of sp³-hybridized carbons (Fsp3) is 0.385. The van der Waals surface area contributed by atoms with E-state index in [4.69, 9.17) is 9.15 Å². The van der Waals surface area contributed by atoms with E-state index in [0.29, 0.717) is 35.3 Å². The first-order valence-electron chi connectivity index (χ1n) is 11.5. The minimum Gasteiger partial charge on any atom is -0.480 e. The number of fused-ring (bicyclic) bond motifs is 1. The number of benzene rings is 1. The Kier molecular flexibility index (Phi) is 8.46. The Morgan fingerprint density at radius 1 is 1.17 bits per heavy atom. The van der Waals surface area contributed by atoms with Gasteiger partial charge in [0.15, 0.2) is 5.43 Å². The molecule has 1 amide bonds. The average molecular weight is 482 g/mol. The Labute approximate surface area is 203 Å². The number of rotatable bonds is 10. The third-order valence-electron chi connectivity index (χ3n) is 5.08. The van der Waals surface area contributed by atoms with Gasteiger partial charge < -0.3 is 24.9 Å². The average Bonchev–Trinajstić information content (AvgIpc) is 2.80. The van der Waals surface area contributed by atoms with Crippen LogP contribution in [0.25, 0.3) is 11.0 Å². The van der Waals surface area contributed by atoms with Crippen LogP contribution in [0.4, 0.5) is 10.6 Å². The summed E-state index contributed by atoms with van der Waals surface area (Å²) < 4.78 is 11.0. The van der Waals surface area contributed by atoms with Crippen LogP contribution in [-0.2, 0) is 22.4 Å². The van der Waals surface area contributed by atoms with E-state index in [2.05, 4.69) is 15.6 Å². The highest BCUT2D eigenvalue weighted by molar-refractivity contribution is 5.81. The number of aromatic nitrogens is 1. The lowest BCUT2D eigenvalue weighted by atomic mass is 9.99. The molecule has 0 spiro atoms. The number of alkyl carbamates (subject to hydrolysis) is 1. The molecular weight excluding hydrogens is 450 g/mol. The van der Waals surface area contributed by atoms with Gasteiger partial charge in [0.1, 0.15) is 23.2 Å². The van der Waals surface area contributed by atoms with Gasteiger partial charge in [-0.3, -0.25) is 4.79 Å². The summed E-state index contributed by atoms with van der Waals surface area (Å²) in [6, 6.07) is 10.8. The Balaban J connectivity index is 1.62. The van der Waals surface area contributed by atoms with Crippen LogP contribution in [-0.4, -0.2) is 41.3 Å². The number of ether oxygens (including phenoxy) is 1. The molecule has 3 rings (SSSR count). The van der Waals surface area contributed by atoms with Gasteiger partial charge in [0.25, 0.3) is 0 Å². The summed E-state index contributed by atoms with van der Waals surface area (Å²) in [4.78, 5) is 40.6. The van der Waals surface area contributed by atoms with E-state index in [1.807, 2.05) is 39.0 Å². The summed E-state index contributed by atoms with van der Waals surface area (Å²) >= 11 is 0. The van der Waals surface area contributed by atoms with Gasteiger partial charge in [-0.15, -0.1) is 0 Å². The Morgan fingerprint density at radius 3 is 2.66 bits per heavy atom. The van der Waals surface area contributed by atoms with Crippen molar-refractivity contribution in [3.8, 4) is 0 Å². The second kappa shape index (κ2) is 11.5. The van der Waals surface area contributed by atoms with Gasteiger partial charge in [0.05, 0.1) is 12.0 Å². The molecule has 0 saturated heterocycles. The number of aliphatic carboxylic acids is 1. The minimum absolute atomic E-state index is 0.00370. The van der Waals surface area contributed by atoms with E-state index in [1.165, 1.54) is 6.07 Å². The van der Waals surface area contributed by atoms with Crippen molar-refractivity contribution in [3.05, 3.63) is 70.2 Å². The standard InChI is InChI=1S/C26H31N3O6/c1-26(2,3)16-34-25(33)29-20(24(31)32)14-17-9-10-22-19(13-17)21(30)15-18(35-22)7-6-12-28-23-8-4-5-11-27-23/h4-5,8-11,13,15,20H,6-7,12,14,16H2,1-3H3,(H,27,28)(H,29,33)(H,31,32). The number of nitrogens with zero attached hydrogens (tertiary/aromatic N) is 1. The minimum atomic E-state index is -1.20. The van der Waals surface area contributed by atoms with Gasteiger partial charge in [-0.25, -0.2) is 14.6 Å². The summed E-state index contributed by atoms with van der Waals surface area (Å²) in [5, 5.41) is 15.5. The maximum absolute atomic E-state index is 12.7. The van der Waals surface area contributed by atoms with E-state index < -0.39 is 18.1 Å². The van der Waals surface area contributed by atoms with Crippen molar-refractivity contribution in [2.45, 2.75) is 46.1 Å². The summed E-state index contributed by atoms with van der Waals surface area (Å²) in [6.07, 6.45) is 2.24. The van der Waals surface area contributed by atoms with Crippen LogP contribution >= 0.6 is 0 Å². The molecule has 0 aliphatic carbocycles. The molecule has 0 radical (unpaired) electrons. The summed E-state index contributed by atoms with van der Waals surface area (Å²) in [5.74, 6) is 0.167. The van der Waals surface area contributed by atoms with Crippen LogP contribution in [0.3, 0.4) is 0 Å². The number of carbonyl (C=O) groups is 2. The Bertz CT molecular complexity index is 1220.